The van der Waals surface area contributed by atoms with Gasteiger partial charge in [-0.05, 0) is 56.2 Å². The third-order valence-corrected chi connectivity index (χ3v) is 6.61. The van der Waals surface area contributed by atoms with Crippen LogP contribution in [-0.4, -0.2) is 33.6 Å². The van der Waals surface area contributed by atoms with Crippen LogP contribution in [0.15, 0.2) is 63.9 Å². The molecule has 8 heteroatoms. The van der Waals surface area contributed by atoms with Crippen LogP contribution in [0.4, 0.5) is 0 Å². The summed E-state index contributed by atoms with van der Waals surface area (Å²) < 4.78 is 38.7. The van der Waals surface area contributed by atoms with Gasteiger partial charge in [0.2, 0.25) is 10.0 Å². The molecule has 30 heavy (non-hydrogen) atoms. The molecule has 4 rings (SSSR count). The third kappa shape index (κ3) is 4.56. The zero-order valence-corrected chi connectivity index (χ0v) is 17.4. The fraction of sp³-hybridized carbons (Fsp3) is 0.318. The van der Waals surface area contributed by atoms with Crippen molar-refractivity contribution in [2.75, 3.05) is 13.2 Å². The van der Waals surface area contributed by atoms with Gasteiger partial charge in [0.05, 0.1) is 17.0 Å². The Morgan fingerprint density at radius 3 is 2.63 bits per heavy atom. The van der Waals surface area contributed by atoms with Gasteiger partial charge < -0.3 is 14.5 Å². The Bertz CT molecular complexity index is 1100. The third-order valence-electron chi connectivity index (χ3n) is 5.17. The van der Waals surface area contributed by atoms with Gasteiger partial charge in [0.15, 0.2) is 0 Å². The van der Waals surface area contributed by atoms with Crippen LogP contribution < -0.4 is 10.0 Å². The lowest BCUT2D eigenvalue weighted by Gasteiger charge is -2.13. The van der Waals surface area contributed by atoms with E-state index in [0.29, 0.717) is 17.9 Å². The minimum absolute atomic E-state index is 0.0791. The van der Waals surface area contributed by atoms with Crippen molar-refractivity contribution in [3.05, 3.63) is 65.9 Å². The van der Waals surface area contributed by atoms with E-state index in [9.17, 15) is 13.2 Å². The Morgan fingerprint density at radius 2 is 1.93 bits per heavy atom. The number of rotatable bonds is 7. The van der Waals surface area contributed by atoms with Crippen molar-refractivity contribution in [3.8, 4) is 0 Å². The van der Waals surface area contributed by atoms with Gasteiger partial charge in [-0.2, -0.15) is 0 Å². The van der Waals surface area contributed by atoms with E-state index in [1.165, 1.54) is 24.3 Å². The lowest BCUT2D eigenvalue weighted by atomic mass is 10.1. The number of benzene rings is 2. The molecule has 158 valence electrons. The summed E-state index contributed by atoms with van der Waals surface area (Å²) in [6.45, 7) is 2.76. The van der Waals surface area contributed by atoms with Crippen molar-refractivity contribution in [2.24, 2.45) is 0 Å². The van der Waals surface area contributed by atoms with Crippen molar-refractivity contribution < 1.29 is 22.4 Å². The van der Waals surface area contributed by atoms with Crippen LogP contribution in [0.1, 0.15) is 41.9 Å². The minimum atomic E-state index is -3.65. The number of hydrogen-bond acceptors (Lipinski definition) is 5. The second kappa shape index (κ2) is 8.59. The molecular formula is C22H24N2O5S. The number of carbonyl (C=O) groups excluding carboxylic acids is 1. The fourth-order valence-corrected chi connectivity index (χ4v) is 4.51. The van der Waals surface area contributed by atoms with Crippen LogP contribution in [0.5, 0.6) is 0 Å². The maximum Gasteiger partial charge on any atom is 0.251 e. The maximum atomic E-state index is 12.6. The molecule has 2 N–H and O–H groups in total. The van der Waals surface area contributed by atoms with E-state index >= 15 is 0 Å². The molecule has 0 saturated carbocycles. The van der Waals surface area contributed by atoms with Gasteiger partial charge in [0.1, 0.15) is 11.3 Å². The molecule has 1 amide bonds. The molecule has 1 aliphatic heterocycles. The summed E-state index contributed by atoms with van der Waals surface area (Å²) >= 11 is 0. The monoisotopic (exact) mass is 428 g/mol. The second-order valence-corrected chi connectivity index (χ2v) is 9.16. The van der Waals surface area contributed by atoms with Crippen molar-refractivity contribution >= 4 is 26.9 Å². The Morgan fingerprint density at radius 1 is 1.17 bits per heavy atom. The van der Waals surface area contributed by atoms with E-state index in [0.717, 1.165) is 23.8 Å². The molecule has 2 atom stereocenters. The quantitative estimate of drug-likeness (QED) is 0.601. The lowest BCUT2D eigenvalue weighted by Crippen LogP contribution is -2.32. The normalized spacial score (nSPS) is 17.8. The number of amides is 1. The predicted molar refractivity (Wildman–Crippen MR) is 113 cm³/mol. The van der Waals surface area contributed by atoms with E-state index in [4.69, 9.17) is 9.15 Å². The van der Waals surface area contributed by atoms with E-state index in [1.54, 1.807) is 0 Å². The van der Waals surface area contributed by atoms with Crippen LogP contribution in [0, 0.1) is 0 Å². The van der Waals surface area contributed by atoms with Crippen LogP contribution in [0.2, 0.25) is 0 Å². The summed E-state index contributed by atoms with van der Waals surface area (Å²) in [5.41, 5.74) is 1.13. The Labute approximate surface area is 175 Å². The van der Waals surface area contributed by atoms with Crippen molar-refractivity contribution in [1.82, 2.24) is 10.0 Å². The zero-order valence-electron chi connectivity index (χ0n) is 16.6. The molecular weight excluding hydrogens is 404 g/mol. The zero-order chi connectivity index (χ0) is 21.1. The lowest BCUT2D eigenvalue weighted by molar-refractivity contribution is 0.0935. The Balaban J connectivity index is 1.39. The summed E-state index contributed by atoms with van der Waals surface area (Å²) in [5, 5.41) is 3.85. The summed E-state index contributed by atoms with van der Waals surface area (Å²) in [6.07, 6.45) is 1.72. The summed E-state index contributed by atoms with van der Waals surface area (Å²) in [4.78, 5) is 12.7. The highest BCUT2D eigenvalue weighted by atomic mass is 32.2. The number of hydrogen-bond donors (Lipinski definition) is 2. The highest BCUT2D eigenvalue weighted by Crippen LogP contribution is 2.24. The smallest absolute Gasteiger partial charge is 0.251 e. The molecule has 7 nitrogen and oxygen atoms in total. The second-order valence-electron chi connectivity index (χ2n) is 7.39. The van der Waals surface area contributed by atoms with Crippen LogP contribution >= 0.6 is 0 Å². The molecule has 1 saturated heterocycles. The summed E-state index contributed by atoms with van der Waals surface area (Å²) in [6, 6.07) is 15.1. The number of sulfonamides is 1. The van der Waals surface area contributed by atoms with E-state index in [2.05, 4.69) is 10.0 Å². The minimum Gasteiger partial charge on any atom is -0.459 e. The molecule has 1 aromatic heterocycles. The first-order valence-corrected chi connectivity index (χ1v) is 11.4. The van der Waals surface area contributed by atoms with Gasteiger partial charge in [-0.1, -0.05) is 18.2 Å². The summed E-state index contributed by atoms with van der Waals surface area (Å²) in [7, 11) is -3.65. The van der Waals surface area contributed by atoms with Crippen molar-refractivity contribution in [1.29, 1.82) is 0 Å². The first kappa shape index (κ1) is 20.6. The first-order chi connectivity index (χ1) is 14.4. The van der Waals surface area contributed by atoms with Gasteiger partial charge in [-0.15, -0.1) is 0 Å². The standard InChI is InChI=1S/C22H24N2O5S/c1-15(21-13-17-5-2-3-7-20(17)29-21)24-22(25)16-8-10-19(11-9-16)30(26,27)23-14-18-6-4-12-28-18/h2-3,5,7-11,13,15,18,23H,4,6,12,14H2,1H3,(H,24,25). The molecule has 0 spiro atoms. The Hall–Kier alpha value is -2.68. The van der Waals surface area contributed by atoms with Crippen LogP contribution in [0.3, 0.4) is 0 Å². The van der Waals surface area contributed by atoms with Crippen molar-refractivity contribution in [3.63, 3.8) is 0 Å². The molecule has 2 unspecified atom stereocenters. The van der Waals surface area contributed by atoms with Crippen molar-refractivity contribution in [2.45, 2.75) is 36.8 Å². The average molecular weight is 429 g/mol. The Kier molecular flexibility index (Phi) is 5.90. The summed E-state index contributed by atoms with van der Waals surface area (Å²) in [5.74, 6) is 0.348. The molecule has 3 aromatic rings. The first-order valence-electron chi connectivity index (χ1n) is 9.93. The number of furan rings is 1. The van der Waals surface area contributed by atoms with Gasteiger partial charge in [-0.25, -0.2) is 13.1 Å². The highest BCUT2D eigenvalue weighted by Gasteiger charge is 2.21. The van der Waals surface area contributed by atoms with E-state index in [1.807, 2.05) is 37.3 Å². The molecule has 1 fully saturated rings. The molecule has 0 bridgehead atoms. The number of fused-ring (bicyclic) bond motifs is 1. The predicted octanol–water partition coefficient (Wildman–Crippen LogP) is 3.38. The maximum absolute atomic E-state index is 12.6. The van der Waals surface area contributed by atoms with Gasteiger partial charge in [-0.3, -0.25) is 4.79 Å². The van der Waals surface area contributed by atoms with Gasteiger partial charge in [0.25, 0.3) is 5.91 Å². The number of nitrogens with one attached hydrogen (secondary N) is 2. The SMILES string of the molecule is CC(NC(=O)c1ccc(S(=O)(=O)NCC2CCCO2)cc1)c1cc2ccccc2o1. The molecule has 2 aromatic carbocycles. The largest absolute Gasteiger partial charge is 0.459 e. The molecule has 0 aliphatic carbocycles. The molecule has 0 radical (unpaired) electrons. The number of ether oxygens (including phenoxy) is 1. The average Bonchev–Trinajstić information content (AvgIpc) is 3.42. The molecule has 2 heterocycles. The number of para-hydroxylation sites is 1. The number of carbonyl (C=O) groups is 1. The van der Waals surface area contributed by atoms with E-state index in [-0.39, 0.29) is 29.5 Å². The van der Waals surface area contributed by atoms with Crippen LogP contribution in [-0.2, 0) is 14.8 Å². The van der Waals surface area contributed by atoms with E-state index < -0.39 is 10.0 Å². The van der Waals surface area contributed by atoms with Gasteiger partial charge in [0, 0.05) is 24.1 Å². The van der Waals surface area contributed by atoms with Gasteiger partial charge >= 0.3 is 0 Å². The highest BCUT2D eigenvalue weighted by molar-refractivity contribution is 7.89. The van der Waals surface area contributed by atoms with Crippen LogP contribution in [0.25, 0.3) is 11.0 Å². The fourth-order valence-electron chi connectivity index (χ4n) is 3.44. The molecule has 1 aliphatic rings. The topological polar surface area (TPSA) is 97.6 Å².